The van der Waals surface area contributed by atoms with Gasteiger partial charge in [-0.05, 0) is 24.0 Å². The highest BCUT2D eigenvalue weighted by Gasteiger charge is 2.34. The molecule has 116 valence electrons. The summed E-state index contributed by atoms with van der Waals surface area (Å²) in [5.74, 6) is 0.452. The highest BCUT2D eigenvalue weighted by Crippen LogP contribution is 2.40. The monoisotopic (exact) mass is 337 g/mol. The van der Waals surface area contributed by atoms with Crippen LogP contribution in [0.2, 0.25) is 0 Å². The standard InChI is InChI=1S/C15H16FN3OS2/c1-2-5-12-13(22-18-17-12)14(20)19-8-9-21-15(19)10-6-3-4-7-11(10)16/h3-4,6-7,15H,2,5,8-9H2,1H3/t15-/m1/s1. The third-order valence-corrected chi connectivity index (χ3v) is 5.56. The number of halogens is 1. The van der Waals surface area contributed by atoms with Crippen molar-refractivity contribution in [1.29, 1.82) is 0 Å². The van der Waals surface area contributed by atoms with E-state index in [1.807, 2.05) is 6.92 Å². The van der Waals surface area contributed by atoms with Crippen molar-refractivity contribution in [2.75, 3.05) is 12.3 Å². The number of aromatic nitrogens is 2. The number of hydrogen-bond donors (Lipinski definition) is 0. The molecule has 0 spiro atoms. The molecule has 1 aliphatic heterocycles. The number of benzene rings is 1. The Labute approximate surface area is 136 Å². The maximum absolute atomic E-state index is 14.0. The molecule has 0 unspecified atom stereocenters. The van der Waals surface area contributed by atoms with Crippen LogP contribution in [0.4, 0.5) is 4.39 Å². The second-order valence-electron chi connectivity index (χ2n) is 5.04. The predicted molar refractivity (Wildman–Crippen MR) is 86.5 cm³/mol. The van der Waals surface area contributed by atoms with E-state index in [2.05, 4.69) is 9.59 Å². The van der Waals surface area contributed by atoms with Crippen LogP contribution in [0.1, 0.15) is 39.6 Å². The van der Waals surface area contributed by atoms with Crippen molar-refractivity contribution in [3.63, 3.8) is 0 Å². The normalized spacial score (nSPS) is 17.9. The van der Waals surface area contributed by atoms with E-state index >= 15 is 0 Å². The van der Waals surface area contributed by atoms with Crippen molar-refractivity contribution >= 4 is 29.2 Å². The van der Waals surface area contributed by atoms with Crippen molar-refractivity contribution < 1.29 is 9.18 Å². The lowest BCUT2D eigenvalue weighted by Crippen LogP contribution is -2.30. The molecule has 1 amide bonds. The van der Waals surface area contributed by atoms with Gasteiger partial charge in [-0.3, -0.25) is 4.79 Å². The van der Waals surface area contributed by atoms with Crippen LogP contribution in [0.3, 0.4) is 0 Å². The van der Waals surface area contributed by atoms with E-state index in [0.717, 1.165) is 35.8 Å². The zero-order chi connectivity index (χ0) is 15.5. The average molecular weight is 337 g/mol. The number of aryl methyl sites for hydroxylation is 1. The molecule has 7 heteroatoms. The molecule has 1 aliphatic rings. The highest BCUT2D eigenvalue weighted by atomic mass is 32.2. The first kappa shape index (κ1) is 15.4. The summed E-state index contributed by atoms with van der Waals surface area (Å²) in [4.78, 5) is 15.1. The highest BCUT2D eigenvalue weighted by molar-refractivity contribution is 7.99. The van der Waals surface area contributed by atoms with E-state index in [1.165, 1.54) is 6.07 Å². The third-order valence-electron chi connectivity index (χ3n) is 3.56. The first-order valence-electron chi connectivity index (χ1n) is 7.20. The molecule has 0 bridgehead atoms. The number of carbonyl (C=O) groups excluding carboxylic acids is 1. The summed E-state index contributed by atoms with van der Waals surface area (Å²) >= 11 is 2.72. The molecule has 1 saturated heterocycles. The molecule has 1 atom stereocenters. The van der Waals surface area contributed by atoms with Gasteiger partial charge in [-0.1, -0.05) is 36.0 Å². The minimum absolute atomic E-state index is 0.0864. The van der Waals surface area contributed by atoms with Crippen molar-refractivity contribution in [1.82, 2.24) is 14.5 Å². The molecule has 4 nitrogen and oxygen atoms in total. The minimum Gasteiger partial charge on any atom is -0.321 e. The summed E-state index contributed by atoms with van der Waals surface area (Å²) < 4.78 is 18.0. The molecule has 1 fully saturated rings. The Morgan fingerprint density at radius 1 is 1.45 bits per heavy atom. The van der Waals surface area contributed by atoms with Crippen LogP contribution in [0.15, 0.2) is 24.3 Å². The number of thioether (sulfide) groups is 1. The van der Waals surface area contributed by atoms with E-state index in [4.69, 9.17) is 0 Å². The summed E-state index contributed by atoms with van der Waals surface area (Å²) in [7, 11) is 0. The zero-order valence-corrected chi connectivity index (χ0v) is 13.8. The van der Waals surface area contributed by atoms with Gasteiger partial charge in [0.1, 0.15) is 16.1 Å². The maximum Gasteiger partial charge on any atom is 0.268 e. The van der Waals surface area contributed by atoms with Gasteiger partial charge in [0.25, 0.3) is 5.91 Å². The summed E-state index contributed by atoms with van der Waals surface area (Å²) in [6, 6.07) is 6.65. The molecule has 0 aliphatic carbocycles. The topological polar surface area (TPSA) is 46.1 Å². The van der Waals surface area contributed by atoms with Gasteiger partial charge in [-0.25, -0.2) is 4.39 Å². The number of rotatable bonds is 4. The molecule has 3 rings (SSSR count). The summed E-state index contributed by atoms with van der Waals surface area (Å²) in [6.45, 7) is 2.66. The molecular formula is C15H16FN3OS2. The van der Waals surface area contributed by atoms with Crippen LogP contribution >= 0.6 is 23.3 Å². The lowest BCUT2D eigenvalue weighted by Gasteiger charge is -2.24. The van der Waals surface area contributed by atoms with E-state index in [0.29, 0.717) is 17.0 Å². The molecular weight excluding hydrogens is 321 g/mol. The van der Waals surface area contributed by atoms with Gasteiger partial charge in [-0.15, -0.1) is 16.9 Å². The summed E-state index contributed by atoms with van der Waals surface area (Å²) in [5, 5.41) is 3.78. The predicted octanol–water partition coefficient (Wildman–Crippen LogP) is 3.52. The quantitative estimate of drug-likeness (QED) is 0.856. The van der Waals surface area contributed by atoms with Crippen LogP contribution in [0.25, 0.3) is 0 Å². The first-order valence-corrected chi connectivity index (χ1v) is 9.02. The van der Waals surface area contributed by atoms with Crippen molar-refractivity contribution in [2.45, 2.75) is 25.1 Å². The number of hydrogen-bond acceptors (Lipinski definition) is 5. The third kappa shape index (κ3) is 2.87. The van der Waals surface area contributed by atoms with Crippen molar-refractivity contribution in [3.05, 3.63) is 46.2 Å². The smallest absolute Gasteiger partial charge is 0.268 e. The van der Waals surface area contributed by atoms with Gasteiger partial charge >= 0.3 is 0 Å². The van der Waals surface area contributed by atoms with E-state index in [1.54, 1.807) is 34.9 Å². The van der Waals surface area contributed by atoms with Crippen LogP contribution in [0.5, 0.6) is 0 Å². The second kappa shape index (κ2) is 6.75. The van der Waals surface area contributed by atoms with Crippen LogP contribution < -0.4 is 0 Å². The van der Waals surface area contributed by atoms with Crippen molar-refractivity contribution in [3.8, 4) is 0 Å². The summed E-state index contributed by atoms with van der Waals surface area (Å²) in [6.07, 6.45) is 1.65. The lowest BCUT2D eigenvalue weighted by atomic mass is 10.1. The summed E-state index contributed by atoms with van der Waals surface area (Å²) in [5.41, 5.74) is 1.31. The molecule has 0 saturated carbocycles. The fourth-order valence-corrected chi connectivity index (χ4v) is 4.45. The Kier molecular flexibility index (Phi) is 4.73. The molecule has 0 N–H and O–H groups in total. The first-order chi connectivity index (χ1) is 10.7. The Bertz CT molecular complexity index is 676. The van der Waals surface area contributed by atoms with Crippen LogP contribution in [-0.2, 0) is 6.42 Å². The van der Waals surface area contributed by atoms with Crippen LogP contribution in [0, 0.1) is 5.82 Å². The molecule has 2 heterocycles. The maximum atomic E-state index is 14.0. The Morgan fingerprint density at radius 2 is 2.27 bits per heavy atom. The average Bonchev–Trinajstić information content (AvgIpc) is 3.16. The number of amides is 1. The van der Waals surface area contributed by atoms with E-state index < -0.39 is 0 Å². The second-order valence-corrected chi connectivity index (χ2v) is 6.98. The SMILES string of the molecule is CCCc1nnsc1C(=O)N1CCS[C@@H]1c1ccccc1F. The van der Waals surface area contributed by atoms with Gasteiger partial charge in [-0.2, -0.15) is 0 Å². The number of carbonyl (C=O) groups is 1. The molecule has 2 aromatic rings. The van der Waals surface area contributed by atoms with E-state index in [-0.39, 0.29) is 17.1 Å². The van der Waals surface area contributed by atoms with Gasteiger partial charge < -0.3 is 4.90 Å². The molecule has 0 radical (unpaired) electrons. The van der Waals surface area contributed by atoms with Gasteiger partial charge in [0.15, 0.2) is 0 Å². The van der Waals surface area contributed by atoms with Gasteiger partial charge in [0.2, 0.25) is 0 Å². The molecule has 22 heavy (non-hydrogen) atoms. The molecule has 1 aromatic heterocycles. The fourth-order valence-electron chi connectivity index (χ4n) is 2.51. The molecule has 1 aromatic carbocycles. The Morgan fingerprint density at radius 3 is 3.05 bits per heavy atom. The zero-order valence-electron chi connectivity index (χ0n) is 12.2. The van der Waals surface area contributed by atoms with Crippen LogP contribution in [-0.4, -0.2) is 32.7 Å². The fraction of sp³-hybridized carbons (Fsp3) is 0.400. The number of nitrogens with zero attached hydrogens (tertiary/aromatic N) is 3. The van der Waals surface area contributed by atoms with Crippen molar-refractivity contribution in [2.24, 2.45) is 0 Å². The lowest BCUT2D eigenvalue weighted by molar-refractivity contribution is 0.0762. The van der Waals surface area contributed by atoms with E-state index in [9.17, 15) is 9.18 Å². The Balaban J connectivity index is 1.88. The minimum atomic E-state index is -0.273. The van der Waals surface area contributed by atoms with Gasteiger partial charge in [0, 0.05) is 17.9 Å². The Hall–Kier alpha value is -1.47. The largest absolute Gasteiger partial charge is 0.321 e. The van der Waals surface area contributed by atoms with Gasteiger partial charge in [0.05, 0.1) is 5.69 Å².